The van der Waals surface area contributed by atoms with Crippen LogP contribution in [0.2, 0.25) is 39.3 Å². The van der Waals surface area contributed by atoms with Crippen LogP contribution in [0.3, 0.4) is 0 Å². The second-order valence-corrected chi connectivity index (χ2v) is 31.4. The van der Waals surface area contributed by atoms with Crippen molar-refractivity contribution in [3.05, 3.63) is 22.5 Å². The van der Waals surface area contributed by atoms with E-state index in [2.05, 4.69) is 66.6 Å². The SMILES string of the molecule is COC(=O)C[C@H]1CC[C@@H]2O[C@@H](C(O)C=C[Si](C)(C)C)C3OC4(CCCCC4)O[C@H]3[C@H]2O1.COC(=O)C[C@H]1CC[C@@H]2O[C@@H](C=O)C3OC4(CCCCC4)O[C@H]3[C@H]2O1.C[Si](C)(C)C=CBr. The summed E-state index contributed by atoms with van der Waals surface area (Å²) in [6.07, 6.45) is 11.4. The first kappa shape index (κ1) is 51.0. The van der Waals surface area contributed by atoms with Crippen LogP contribution < -0.4 is 0 Å². The summed E-state index contributed by atoms with van der Waals surface area (Å²) in [5.41, 5.74) is 4.39. The molecular weight excluding hydrogens is 913 g/mol. The van der Waals surface area contributed by atoms with Gasteiger partial charge in [-0.05, 0) is 56.4 Å². The Bertz CT molecular complexity index is 1570. The molecule has 8 aliphatic rings. The fourth-order valence-electron chi connectivity index (χ4n) is 10.1. The van der Waals surface area contributed by atoms with Crippen molar-refractivity contribution in [3.63, 3.8) is 0 Å². The molecule has 0 aromatic carbocycles. The molecule has 358 valence electrons. The van der Waals surface area contributed by atoms with Gasteiger partial charge in [0, 0.05) is 25.7 Å². The number of esters is 2. The van der Waals surface area contributed by atoms with Crippen molar-refractivity contribution in [2.24, 2.45) is 0 Å². The first-order valence-electron chi connectivity index (χ1n) is 23.5. The van der Waals surface area contributed by atoms with Gasteiger partial charge >= 0.3 is 11.9 Å². The highest BCUT2D eigenvalue weighted by Gasteiger charge is 2.61. The molecule has 0 aromatic heterocycles. The number of aldehydes is 1. The maximum absolute atomic E-state index is 11.8. The molecule has 0 radical (unpaired) electrons. The van der Waals surface area contributed by atoms with Gasteiger partial charge < -0.3 is 57.3 Å². The van der Waals surface area contributed by atoms with E-state index in [0.29, 0.717) is 12.8 Å². The lowest BCUT2D eigenvalue weighted by Gasteiger charge is -2.47. The van der Waals surface area contributed by atoms with Gasteiger partial charge in [-0.2, -0.15) is 0 Å². The van der Waals surface area contributed by atoms with Gasteiger partial charge in [0.15, 0.2) is 17.9 Å². The van der Waals surface area contributed by atoms with Crippen LogP contribution in [-0.2, 0) is 61.8 Å². The van der Waals surface area contributed by atoms with Crippen LogP contribution in [0.15, 0.2) is 22.5 Å². The number of ether oxygens (including phenoxy) is 10. The van der Waals surface area contributed by atoms with E-state index in [1.54, 1.807) is 0 Å². The second kappa shape index (κ2) is 22.2. The van der Waals surface area contributed by atoms with Gasteiger partial charge in [-0.25, -0.2) is 0 Å². The number of carbonyl (C=O) groups excluding carboxylic acids is 3. The van der Waals surface area contributed by atoms with Crippen molar-refractivity contribution >= 4 is 50.3 Å². The minimum atomic E-state index is -1.46. The molecule has 1 N–H and O–H groups in total. The Kier molecular flexibility index (Phi) is 18.0. The molecule has 2 spiro atoms. The van der Waals surface area contributed by atoms with E-state index < -0.39 is 58.2 Å². The highest BCUT2D eigenvalue weighted by molar-refractivity contribution is 9.11. The molecule has 2 aliphatic carbocycles. The molecule has 8 rings (SSSR count). The third kappa shape index (κ3) is 13.4. The molecule has 8 fully saturated rings. The Morgan fingerprint density at radius 3 is 1.51 bits per heavy atom. The van der Waals surface area contributed by atoms with Crippen LogP contribution in [0.4, 0.5) is 0 Å². The van der Waals surface area contributed by atoms with Gasteiger partial charge in [-0.1, -0.05) is 85.5 Å². The van der Waals surface area contributed by atoms with Crippen LogP contribution in [-0.4, -0.2) is 145 Å². The predicted octanol–water partition coefficient (Wildman–Crippen LogP) is 7.38. The van der Waals surface area contributed by atoms with Crippen LogP contribution in [0.1, 0.15) is 103 Å². The highest BCUT2D eigenvalue weighted by atomic mass is 79.9. The summed E-state index contributed by atoms with van der Waals surface area (Å²) in [6, 6.07) is 0. The highest BCUT2D eigenvalue weighted by Crippen LogP contribution is 2.49. The lowest BCUT2D eigenvalue weighted by atomic mass is 9.87. The van der Waals surface area contributed by atoms with Crippen molar-refractivity contribution < 1.29 is 66.9 Å². The molecule has 6 saturated heterocycles. The summed E-state index contributed by atoms with van der Waals surface area (Å²) in [5.74, 6) is -1.76. The normalized spacial score (nSPS) is 37.3. The van der Waals surface area contributed by atoms with Crippen molar-refractivity contribution in [1.82, 2.24) is 0 Å². The van der Waals surface area contributed by atoms with Crippen molar-refractivity contribution in [3.8, 4) is 0 Å². The average Bonchev–Trinajstić information content (AvgIpc) is 3.81. The first-order valence-corrected chi connectivity index (χ1v) is 31.5. The van der Waals surface area contributed by atoms with Crippen molar-refractivity contribution in [2.75, 3.05) is 14.2 Å². The minimum Gasteiger partial charge on any atom is -0.469 e. The number of halogens is 1. The fraction of sp³-hybridized carbons (Fsp3) is 0.848. The zero-order valence-electron chi connectivity index (χ0n) is 38.8. The third-order valence-electron chi connectivity index (χ3n) is 13.3. The van der Waals surface area contributed by atoms with Crippen LogP contribution in [0, 0.1) is 0 Å². The number of hydrogen-bond donors (Lipinski definition) is 1. The fourth-order valence-corrected chi connectivity index (χ4v) is 13.6. The molecule has 14 nitrogen and oxygen atoms in total. The molecule has 17 heteroatoms. The number of aliphatic hydroxyl groups excluding tert-OH is 1. The Morgan fingerprint density at radius 1 is 0.635 bits per heavy atom. The third-order valence-corrected chi connectivity index (χ3v) is 16.4. The largest absolute Gasteiger partial charge is 0.469 e. The zero-order valence-corrected chi connectivity index (χ0v) is 42.4. The summed E-state index contributed by atoms with van der Waals surface area (Å²) in [6.45, 7) is 13.6. The summed E-state index contributed by atoms with van der Waals surface area (Å²) < 4.78 is 60.2. The lowest BCUT2D eigenvalue weighted by Crippen LogP contribution is -2.62. The first-order chi connectivity index (χ1) is 29.9. The summed E-state index contributed by atoms with van der Waals surface area (Å²) in [5, 5.41) is 11.0. The summed E-state index contributed by atoms with van der Waals surface area (Å²) in [7, 11) is 0.435. The minimum absolute atomic E-state index is 0.183. The van der Waals surface area contributed by atoms with Gasteiger partial charge in [-0.15, -0.1) is 0 Å². The predicted molar refractivity (Wildman–Crippen MR) is 243 cm³/mol. The molecule has 6 heterocycles. The molecule has 0 aromatic rings. The van der Waals surface area contributed by atoms with E-state index in [0.717, 1.165) is 70.5 Å². The molecule has 63 heavy (non-hydrogen) atoms. The molecule has 0 amide bonds. The average molecular weight is 988 g/mol. The number of hydrogen-bond acceptors (Lipinski definition) is 14. The van der Waals surface area contributed by atoms with Crippen LogP contribution in [0.25, 0.3) is 0 Å². The van der Waals surface area contributed by atoms with Gasteiger partial charge in [0.2, 0.25) is 0 Å². The Hall–Kier alpha value is -1.36. The van der Waals surface area contributed by atoms with Gasteiger partial charge in [0.1, 0.15) is 54.9 Å². The lowest BCUT2D eigenvalue weighted by molar-refractivity contribution is -0.250. The Balaban J connectivity index is 0.000000185. The summed E-state index contributed by atoms with van der Waals surface area (Å²) in [4.78, 5) is 36.8. The molecular formula is C46H75BrO14Si2. The monoisotopic (exact) mass is 986 g/mol. The molecule has 0 bridgehead atoms. The van der Waals surface area contributed by atoms with Gasteiger partial charge in [0.25, 0.3) is 0 Å². The van der Waals surface area contributed by atoms with Crippen molar-refractivity contribution in [2.45, 2.75) is 233 Å². The van der Waals surface area contributed by atoms with E-state index >= 15 is 0 Å². The van der Waals surface area contributed by atoms with E-state index in [9.17, 15) is 19.5 Å². The van der Waals surface area contributed by atoms with Crippen molar-refractivity contribution in [1.29, 1.82) is 0 Å². The zero-order chi connectivity index (χ0) is 45.6. The summed E-state index contributed by atoms with van der Waals surface area (Å²) >= 11 is 3.24. The molecule has 6 aliphatic heterocycles. The van der Waals surface area contributed by atoms with Gasteiger partial charge in [-0.3, -0.25) is 9.59 Å². The number of aliphatic hydroxyl groups is 1. The van der Waals surface area contributed by atoms with E-state index in [1.165, 1.54) is 27.1 Å². The van der Waals surface area contributed by atoms with E-state index in [4.69, 9.17) is 47.4 Å². The quantitative estimate of drug-likeness (QED) is 0.138. The standard InChI is InChI=1S/C23H38O7Si.C18H26O7.C5H11BrSi/c1-26-18(25)14-15-8-9-17-20(27-15)22-21(29-23(30-22)11-6-5-7-12-23)19(28-17)16(24)10-13-31(2,3)4;1-21-14(20)9-11-5-6-12-15(22-11)17-16(13(10-19)23-12)24-18(25-17)7-3-2-4-8-18;1-7(2,3)5-4-6/h10,13,15-17,19-22,24H,5-9,11-12,14H2,1-4H3;10-13,15-17H,2-9H2,1H3;4-5H,1-3H3/t15-,16?,17+,19+,20+,21?,22+;11-,12+,13+,15+,16?,17+;/m11./s1. The molecule has 13 atom stereocenters. The van der Waals surface area contributed by atoms with Crippen LogP contribution >= 0.6 is 15.9 Å². The number of rotatable bonds is 9. The number of fused-ring (bicyclic) bond motifs is 6. The molecule has 3 unspecified atom stereocenters. The van der Waals surface area contributed by atoms with E-state index in [-0.39, 0.29) is 73.6 Å². The topological polar surface area (TPSA) is 164 Å². The van der Waals surface area contributed by atoms with Crippen LogP contribution in [0.5, 0.6) is 0 Å². The Morgan fingerprint density at radius 2 is 1.08 bits per heavy atom. The van der Waals surface area contributed by atoms with Gasteiger partial charge in [0.05, 0.1) is 67.6 Å². The maximum atomic E-state index is 11.8. The smallest absolute Gasteiger partial charge is 0.308 e. The maximum Gasteiger partial charge on any atom is 0.308 e. The number of methoxy groups -OCH3 is 2. The molecule has 2 saturated carbocycles. The Labute approximate surface area is 385 Å². The number of carbonyl (C=O) groups is 3. The van der Waals surface area contributed by atoms with E-state index in [1.807, 2.05) is 11.1 Å². The second-order valence-electron chi connectivity index (χ2n) is 20.7.